The lowest BCUT2D eigenvalue weighted by Crippen LogP contribution is -2.37. The molecule has 0 bridgehead atoms. The second-order valence-electron chi connectivity index (χ2n) is 6.67. The van der Waals surface area contributed by atoms with Crippen molar-refractivity contribution in [2.75, 3.05) is 6.54 Å². The SMILES string of the molecule is CC[C@H](C)NC(=O)CCN(Cc1ccccc1)C(=O)c1cc(C)oc1C. The Bertz CT molecular complexity index is 737. The van der Waals surface area contributed by atoms with Crippen LogP contribution in [0.1, 0.15) is 54.1 Å². The Labute approximate surface area is 155 Å². The van der Waals surface area contributed by atoms with Crippen LogP contribution in [0.2, 0.25) is 0 Å². The summed E-state index contributed by atoms with van der Waals surface area (Å²) in [6.45, 7) is 8.43. The van der Waals surface area contributed by atoms with E-state index in [9.17, 15) is 9.59 Å². The second-order valence-corrected chi connectivity index (χ2v) is 6.67. The molecule has 5 heteroatoms. The summed E-state index contributed by atoms with van der Waals surface area (Å²) in [5.41, 5.74) is 1.59. The van der Waals surface area contributed by atoms with Crippen LogP contribution >= 0.6 is 0 Å². The molecule has 0 aliphatic heterocycles. The fourth-order valence-corrected chi connectivity index (χ4v) is 2.76. The largest absolute Gasteiger partial charge is 0.466 e. The van der Waals surface area contributed by atoms with E-state index in [0.717, 1.165) is 12.0 Å². The first-order valence-electron chi connectivity index (χ1n) is 9.10. The minimum Gasteiger partial charge on any atom is -0.466 e. The zero-order chi connectivity index (χ0) is 19.1. The predicted octanol–water partition coefficient (Wildman–Crippen LogP) is 3.84. The first-order chi connectivity index (χ1) is 12.4. The minimum absolute atomic E-state index is 0.0368. The first-order valence-corrected chi connectivity index (χ1v) is 9.10. The molecule has 2 amide bonds. The van der Waals surface area contributed by atoms with E-state index >= 15 is 0 Å². The highest BCUT2D eigenvalue weighted by Gasteiger charge is 2.21. The molecule has 1 atom stereocenters. The number of hydrogen-bond acceptors (Lipinski definition) is 3. The third-order valence-electron chi connectivity index (χ3n) is 4.40. The average molecular weight is 356 g/mol. The molecule has 0 aliphatic rings. The summed E-state index contributed by atoms with van der Waals surface area (Å²) in [6, 6.07) is 11.7. The zero-order valence-corrected chi connectivity index (χ0v) is 16.0. The number of carbonyl (C=O) groups is 2. The van der Waals surface area contributed by atoms with Crippen LogP contribution in [0.4, 0.5) is 0 Å². The molecule has 0 aliphatic carbocycles. The van der Waals surface area contributed by atoms with Gasteiger partial charge in [-0.15, -0.1) is 0 Å². The van der Waals surface area contributed by atoms with Gasteiger partial charge in [-0.05, 0) is 38.8 Å². The van der Waals surface area contributed by atoms with Crippen LogP contribution in [0.5, 0.6) is 0 Å². The normalized spacial score (nSPS) is 11.8. The highest BCUT2D eigenvalue weighted by molar-refractivity contribution is 5.95. The van der Waals surface area contributed by atoms with Crippen LogP contribution in [0.25, 0.3) is 0 Å². The predicted molar refractivity (Wildman–Crippen MR) is 102 cm³/mol. The van der Waals surface area contributed by atoms with Gasteiger partial charge < -0.3 is 14.6 Å². The van der Waals surface area contributed by atoms with E-state index in [1.54, 1.807) is 17.9 Å². The Hall–Kier alpha value is -2.56. The van der Waals surface area contributed by atoms with Crippen molar-refractivity contribution in [2.24, 2.45) is 0 Å². The number of hydrogen-bond donors (Lipinski definition) is 1. The van der Waals surface area contributed by atoms with Crippen molar-refractivity contribution in [2.45, 2.75) is 53.1 Å². The van der Waals surface area contributed by atoms with Crippen LogP contribution in [0.15, 0.2) is 40.8 Å². The van der Waals surface area contributed by atoms with Gasteiger partial charge in [0.25, 0.3) is 5.91 Å². The molecule has 0 spiro atoms. The first kappa shape index (κ1) is 19.8. The zero-order valence-electron chi connectivity index (χ0n) is 16.0. The van der Waals surface area contributed by atoms with Crippen LogP contribution in [0.3, 0.4) is 0 Å². The molecular weight excluding hydrogens is 328 g/mol. The standard InChI is InChI=1S/C21H28N2O3/c1-5-15(2)22-20(24)11-12-23(14-18-9-7-6-8-10-18)21(25)19-13-16(3)26-17(19)4/h6-10,13,15H,5,11-12,14H2,1-4H3,(H,22,24)/t15-/m0/s1. The van der Waals surface area contributed by atoms with Crippen LogP contribution in [0, 0.1) is 13.8 Å². The fraction of sp³-hybridized carbons (Fsp3) is 0.429. The maximum Gasteiger partial charge on any atom is 0.257 e. The number of nitrogens with zero attached hydrogens (tertiary/aromatic N) is 1. The van der Waals surface area contributed by atoms with Crippen LogP contribution < -0.4 is 5.32 Å². The Balaban J connectivity index is 2.12. The van der Waals surface area contributed by atoms with Gasteiger partial charge in [-0.1, -0.05) is 37.3 Å². The summed E-state index contributed by atoms with van der Waals surface area (Å²) >= 11 is 0. The summed E-state index contributed by atoms with van der Waals surface area (Å²) < 4.78 is 5.50. The van der Waals surface area contributed by atoms with Crippen molar-refractivity contribution >= 4 is 11.8 Å². The maximum absolute atomic E-state index is 13.0. The molecule has 0 fully saturated rings. The Morgan fingerprint density at radius 2 is 1.88 bits per heavy atom. The Kier molecular flexibility index (Phi) is 7.01. The molecule has 26 heavy (non-hydrogen) atoms. The lowest BCUT2D eigenvalue weighted by atomic mass is 10.1. The Morgan fingerprint density at radius 3 is 2.46 bits per heavy atom. The molecular formula is C21H28N2O3. The number of benzene rings is 1. The van der Waals surface area contributed by atoms with Crippen molar-refractivity contribution in [1.82, 2.24) is 10.2 Å². The van der Waals surface area contributed by atoms with Crippen LogP contribution in [-0.4, -0.2) is 29.3 Å². The van der Waals surface area contributed by atoms with Gasteiger partial charge in [-0.25, -0.2) is 0 Å². The molecule has 0 unspecified atom stereocenters. The van der Waals surface area contributed by atoms with Gasteiger partial charge in [-0.3, -0.25) is 9.59 Å². The van der Waals surface area contributed by atoms with E-state index in [-0.39, 0.29) is 24.3 Å². The highest BCUT2D eigenvalue weighted by Crippen LogP contribution is 2.18. The molecule has 0 radical (unpaired) electrons. The summed E-state index contributed by atoms with van der Waals surface area (Å²) in [5, 5.41) is 2.95. The third kappa shape index (κ3) is 5.48. The van der Waals surface area contributed by atoms with Gasteiger partial charge >= 0.3 is 0 Å². The maximum atomic E-state index is 13.0. The number of aryl methyl sites for hydroxylation is 2. The van der Waals surface area contributed by atoms with Crippen molar-refractivity contribution in [3.05, 3.63) is 59.0 Å². The van der Waals surface area contributed by atoms with E-state index in [0.29, 0.717) is 30.2 Å². The molecule has 2 rings (SSSR count). The van der Waals surface area contributed by atoms with E-state index in [2.05, 4.69) is 5.32 Å². The average Bonchev–Trinajstić information content (AvgIpc) is 2.96. The van der Waals surface area contributed by atoms with Crippen molar-refractivity contribution in [3.8, 4) is 0 Å². The molecule has 5 nitrogen and oxygen atoms in total. The Morgan fingerprint density at radius 1 is 1.19 bits per heavy atom. The lowest BCUT2D eigenvalue weighted by molar-refractivity contribution is -0.121. The van der Waals surface area contributed by atoms with E-state index in [4.69, 9.17) is 4.42 Å². The van der Waals surface area contributed by atoms with Gasteiger partial charge in [0.2, 0.25) is 5.91 Å². The number of carbonyl (C=O) groups excluding carboxylic acids is 2. The highest BCUT2D eigenvalue weighted by atomic mass is 16.3. The molecule has 1 heterocycles. The second kappa shape index (κ2) is 9.22. The number of amides is 2. The summed E-state index contributed by atoms with van der Waals surface area (Å²) in [4.78, 5) is 26.9. The van der Waals surface area contributed by atoms with Crippen molar-refractivity contribution in [3.63, 3.8) is 0 Å². The van der Waals surface area contributed by atoms with Gasteiger partial charge in [-0.2, -0.15) is 0 Å². The van der Waals surface area contributed by atoms with Gasteiger partial charge in [0, 0.05) is 25.6 Å². The topological polar surface area (TPSA) is 62.6 Å². The van der Waals surface area contributed by atoms with E-state index in [1.165, 1.54) is 0 Å². The smallest absolute Gasteiger partial charge is 0.257 e. The summed E-state index contributed by atoms with van der Waals surface area (Å²) in [5.74, 6) is 1.17. The van der Waals surface area contributed by atoms with Crippen LogP contribution in [-0.2, 0) is 11.3 Å². The van der Waals surface area contributed by atoms with Crippen molar-refractivity contribution < 1.29 is 14.0 Å². The molecule has 1 aromatic carbocycles. The molecule has 2 aromatic rings. The third-order valence-corrected chi connectivity index (χ3v) is 4.40. The van der Waals surface area contributed by atoms with Crippen molar-refractivity contribution in [1.29, 1.82) is 0 Å². The number of furan rings is 1. The minimum atomic E-state index is -0.112. The summed E-state index contributed by atoms with van der Waals surface area (Å²) in [6.07, 6.45) is 1.16. The van der Waals surface area contributed by atoms with Gasteiger partial charge in [0.1, 0.15) is 11.5 Å². The molecule has 140 valence electrons. The molecule has 0 saturated heterocycles. The molecule has 1 aromatic heterocycles. The monoisotopic (exact) mass is 356 g/mol. The lowest BCUT2D eigenvalue weighted by Gasteiger charge is -2.23. The summed E-state index contributed by atoms with van der Waals surface area (Å²) in [7, 11) is 0. The quantitative estimate of drug-likeness (QED) is 0.781. The van der Waals surface area contributed by atoms with E-state index in [1.807, 2.05) is 51.1 Å². The number of nitrogens with one attached hydrogen (secondary N) is 1. The van der Waals surface area contributed by atoms with Gasteiger partial charge in [0.05, 0.1) is 5.56 Å². The molecule has 0 saturated carbocycles. The van der Waals surface area contributed by atoms with E-state index < -0.39 is 0 Å². The fourth-order valence-electron chi connectivity index (χ4n) is 2.76. The van der Waals surface area contributed by atoms with Gasteiger partial charge in [0.15, 0.2) is 0 Å². The molecule has 1 N–H and O–H groups in total. The number of rotatable bonds is 8.